The Balaban J connectivity index is 1.60. The number of fused-ring (bicyclic) bond motifs is 1. The smallest absolute Gasteiger partial charge is 0.311 e. The van der Waals surface area contributed by atoms with Gasteiger partial charge in [0, 0.05) is 30.3 Å². The molecule has 0 spiro atoms. The predicted molar refractivity (Wildman–Crippen MR) is 119 cm³/mol. The molecule has 0 aliphatic carbocycles. The molecule has 4 rings (SSSR count). The number of carbonyl (C=O) groups excluding carboxylic acids is 3. The van der Waals surface area contributed by atoms with Gasteiger partial charge < -0.3 is 19.6 Å². The molecule has 1 amide bonds. The maximum absolute atomic E-state index is 14.0. The minimum absolute atomic E-state index is 0.0474. The average Bonchev–Trinajstić information content (AvgIpc) is 3.41. The maximum atomic E-state index is 14.0. The molecular formula is C24H26FN3O6. The van der Waals surface area contributed by atoms with Crippen molar-refractivity contribution in [3.05, 3.63) is 42.2 Å². The second kappa shape index (κ2) is 9.00. The standard InChI is InChI=1S/C24H26FN3O6/c1-4-19(29)32-24(13-25)18(11-20(30)33-24)27-22(31)23(14(2)3)12-17(28-34-23)21-16-8-6-5-7-15(16)9-10-26-21/h5-10,14,18H,4,11-13H2,1-3H3,(H,27,31). The molecule has 1 aromatic heterocycles. The fourth-order valence-corrected chi connectivity index (χ4v) is 4.19. The monoisotopic (exact) mass is 471 g/mol. The van der Waals surface area contributed by atoms with Gasteiger partial charge in [0.1, 0.15) is 11.8 Å². The second-order valence-corrected chi connectivity index (χ2v) is 8.71. The number of halogens is 1. The van der Waals surface area contributed by atoms with Gasteiger partial charge in [-0.3, -0.25) is 19.4 Å². The number of hydrogen-bond donors (Lipinski definition) is 1. The zero-order valence-electron chi connectivity index (χ0n) is 19.2. The predicted octanol–water partition coefficient (Wildman–Crippen LogP) is 2.80. The summed E-state index contributed by atoms with van der Waals surface area (Å²) in [5.41, 5.74) is -0.340. The summed E-state index contributed by atoms with van der Waals surface area (Å²) in [5.74, 6) is -4.71. The number of nitrogens with one attached hydrogen (secondary N) is 1. The number of alkyl halides is 1. The van der Waals surface area contributed by atoms with Crippen LogP contribution >= 0.6 is 0 Å². The highest BCUT2D eigenvalue weighted by Crippen LogP contribution is 2.37. The average molecular weight is 471 g/mol. The van der Waals surface area contributed by atoms with Gasteiger partial charge in [-0.15, -0.1) is 0 Å². The minimum atomic E-state index is -2.21. The van der Waals surface area contributed by atoms with Crippen molar-refractivity contribution in [3.63, 3.8) is 0 Å². The van der Waals surface area contributed by atoms with E-state index in [0.29, 0.717) is 11.4 Å². The number of ether oxygens (including phenoxy) is 2. The summed E-state index contributed by atoms with van der Waals surface area (Å²) in [6, 6.07) is 8.32. The number of benzene rings is 1. The summed E-state index contributed by atoms with van der Waals surface area (Å²) in [7, 11) is 0. The van der Waals surface area contributed by atoms with E-state index in [0.717, 1.165) is 10.8 Å². The fourth-order valence-electron chi connectivity index (χ4n) is 4.19. The van der Waals surface area contributed by atoms with E-state index in [1.165, 1.54) is 6.92 Å². The third kappa shape index (κ3) is 3.97. The Labute approximate surface area is 195 Å². The molecule has 3 heterocycles. The number of hydrogen-bond acceptors (Lipinski definition) is 8. The van der Waals surface area contributed by atoms with Crippen LogP contribution in [0.5, 0.6) is 0 Å². The van der Waals surface area contributed by atoms with Crippen molar-refractivity contribution in [2.24, 2.45) is 11.1 Å². The van der Waals surface area contributed by atoms with Crippen LogP contribution in [-0.2, 0) is 28.7 Å². The van der Waals surface area contributed by atoms with Gasteiger partial charge in [0.15, 0.2) is 6.67 Å². The number of amides is 1. The Morgan fingerprint density at radius 2 is 2.06 bits per heavy atom. The van der Waals surface area contributed by atoms with Crippen molar-refractivity contribution in [1.82, 2.24) is 10.3 Å². The Hall–Kier alpha value is -3.56. The maximum Gasteiger partial charge on any atom is 0.311 e. The number of pyridine rings is 1. The Kier molecular flexibility index (Phi) is 6.24. The Bertz CT molecular complexity index is 1160. The first-order valence-electron chi connectivity index (χ1n) is 11.1. The number of oxime groups is 1. The van der Waals surface area contributed by atoms with Crippen LogP contribution in [0, 0.1) is 5.92 Å². The lowest BCUT2D eigenvalue weighted by Crippen LogP contribution is -2.60. The van der Waals surface area contributed by atoms with Crippen molar-refractivity contribution in [2.75, 3.05) is 6.67 Å². The van der Waals surface area contributed by atoms with Gasteiger partial charge in [0.2, 0.25) is 5.60 Å². The number of rotatable bonds is 7. The molecule has 3 unspecified atom stereocenters. The topological polar surface area (TPSA) is 116 Å². The molecule has 180 valence electrons. The summed E-state index contributed by atoms with van der Waals surface area (Å²) in [6.07, 6.45) is 1.37. The molecule has 2 aliphatic rings. The van der Waals surface area contributed by atoms with E-state index in [2.05, 4.69) is 15.5 Å². The van der Waals surface area contributed by atoms with E-state index < -0.39 is 42.0 Å². The van der Waals surface area contributed by atoms with E-state index in [-0.39, 0.29) is 25.2 Å². The van der Waals surface area contributed by atoms with Crippen LogP contribution in [0.3, 0.4) is 0 Å². The molecule has 1 saturated heterocycles. The van der Waals surface area contributed by atoms with Gasteiger partial charge in [-0.1, -0.05) is 50.2 Å². The van der Waals surface area contributed by atoms with Gasteiger partial charge in [0.25, 0.3) is 5.91 Å². The molecule has 0 bridgehead atoms. The van der Waals surface area contributed by atoms with Crippen LogP contribution < -0.4 is 5.32 Å². The van der Waals surface area contributed by atoms with Crippen molar-refractivity contribution in [1.29, 1.82) is 0 Å². The lowest BCUT2D eigenvalue weighted by Gasteiger charge is -2.34. The third-order valence-corrected chi connectivity index (χ3v) is 6.27. The van der Waals surface area contributed by atoms with Crippen LogP contribution in [0.4, 0.5) is 4.39 Å². The van der Waals surface area contributed by atoms with E-state index >= 15 is 0 Å². The lowest BCUT2D eigenvalue weighted by atomic mass is 9.83. The normalized spacial score (nSPS) is 26.2. The van der Waals surface area contributed by atoms with Crippen LogP contribution in [0.1, 0.15) is 45.7 Å². The number of aromatic nitrogens is 1. The SMILES string of the molecule is CCC(=O)OC1(CF)OC(=O)CC1NC(=O)C1(C(C)C)CC(c2nccc3ccccc23)=NO1. The quantitative estimate of drug-likeness (QED) is 0.617. The molecule has 2 aromatic rings. The van der Waals surface area contributed by atoms with Crippen LogP contribution in [-0.4, -0.2) is 52.6 Å². The lowest BCUT2D eigenvalue weighted by molar-refractivity contribution is -0.225. The molecule has 34 heavy (non-hydrogen) atoms. The summed E-state index contributed by atoms with van der Waals surface area (Å²) in [4.78, 5) is 47.5. The van der Waals surface area contributed by atoms with Crippen molar-refractivity contribution in [2.45, 2.75) is 57.5 Å². The van der Waals surface area contributed by atoms with Crippen LogP contribution in [0.2, 0.25) is 0 Å². The highest BCUT2D eigenvalue weighted by Gasteiger charge is 2.57. The Morgan fingerprint density at radius 1 is 1.29 bits per heavy atom. The van der Waals surface area contributed by atoms with Crippen molar-refractivity contribution in [3.8, 4) is 0 Å². The molecule has 0 radical (unpaired) electrons. The molecule has 1 aromatic carbocycles. The van der Waals surface area contributed by atoms with Crippen LogP contribution in [0.25, 0.3) is 10.8 Å². The molecule has 2 aliphatic heterocycles. The molecule has 10 heteroatoms. The van der Waals surface area contributed by atoms with Gasteiger partial charge in [-0.25, -0.2) is 4.39 Å². The summed E-state index contributed by atoms with van der Waals surface area (Å²) < 4.78 is 24.2. The number of esters is 2. The number of cyclic esters (lactones) is 1. The van der Waals surface area contributed by atoms with E-state index in [1.54, 1.807) is 20.0 Å². The first-order valence-corrected chi connectivity index (χ1v) is 11.1. The third-order valence-electron chi connectivity index (χ3n) is 6.27. The molecule has 1 fully saturated rings. The molecule has 1 N–H and O–H groups in total. The second-order valence-electron chi connectivity index (χ2n) is 8.71. The van der Waals surface area contributed by atoms with Gasteiger partial charge in [-0.2, -0.15) is 0 Å². The first-order chi connectivity index (χ1) is 16.2. The largest absolute Gasteiger partial charge is 0.417 e. The fraction of sp³-hybridized carbons (Fsp3) is 0.458. The Morgan fingerprint density at radius 3 is 2.76 bits per heavy atom. The first kappa shape index (κ1) is 23.6. The molecular weight excluding hydrogens is 445 g/mol. The number of nitrogens with zero attached hydrogens (tertiary/aromatic N) is 2. The molecule has 0 saturated carbocycles. The van der Waals surface area contributed by atoms with E-state index in [4.69, 9.17) is 14.3 Å². The zero-order valence-corrected chi connectivity index (χ0v) is 19.2. The summed E-state index contributed by atoms with van der Waals surface area (Å²) >= 11 is 0. The summed E-state index contributed by atoms with van der Waals surface area (Å²) in [5, 5.41) is 8.66. The highest BCUT2D eigenvalue weighted by molar-refractivity contribution is 6.11. The van der Waals surface area contributed by atoms with E-state index in [1.807, 2.05) is 30.3 Å². The summed E-state index contributed by atoms with van der Waals surface area (Å²) in [6.45, 7) is 3.82. The van der Waals surface area contributed by atoms with Crippen molar-refractivity contribution >= 4 is 34.3 Å². The molecule has 9 nitrogen and oxygen atoms in total. The van der Waals surface area contributed by atoms with E-state index in [9.17, 15) is 18.8 Å². The van der Waals surface area contributed by atoms with Gasteiger partial charge >= 0.3 is 17.7 Å². The minimum Gasteiger partial charge on any atom is -0.417 e. The van der Waals surface area contributed by atoms with Crippen LogP contribution in [0.15, 0.2) is 41.7 Å². The number of carbonyl (C=O) groups is 3. The zero-order chi connectivity index (χ0) is 24.5. The molecule has 3 atom stereocenters. The van der Waals surface area contributed by atoms with Gasteiger partial charge in [0.05, 0.1) is 12.1 Å². The highest BCUT2D eigenvalue weighted by atomic mass is 19.1. The van der Waals surface area contributed by atoms with Crippen molar-refractivity contribution < 1.29 is 33.1 Å². The van der Waals surface area contributed by atoms with Gasteiger partial charge in [-0.05, 0) is 11.5 Å².